The number of amides is 1. The molecule has 1 aliphatic heterocycles. The maximum atomic E-state index is 13.0. The number of carboxylic acid groups (broad SMARTS) is 2. The number of nitrogens with zero attached hydrogens (tertiary/aromatic N) is 2. The van der Waals surface area contributed by atoms with Gasteiger partial charge in [0.1, 0.15) is 6.04 Å². The van der Waals surface area contributed by atoms with Crippen molar-refractivity contribution in [2.45, 2.75) is 17.9 Å². The number of hydrogen-bond acceptors (Lipinski definition) is 4. The zero-order valence-electron chi connectivity index (χ0n) is 15.1. The molecule has 2 aromatic rings. The molecule has 1 unspecified atom stereocenters. The fraction of sp³-hybridized carbons (Fsp3) is 0.263. The Morgan fingerprint density at radius 2 is 1.64 bits per heavy atom. The second kappa shape index (κ2) is 7.61. The third-order valence-corrected chi connectivity index (χ3v) is 6.73. The van der Waals surface area contributed by atoms with Crippen LogP contribution in [0.1, 0.15) is 5.56 Å². The van der Waals surface area contributed by atoms with Crippen LogP contribution < -0.4 is 0 Å². The van der Waals surface area contributed by atoms with E-state index in [9.17, 15) is 23.1 Å². The summed E-state index contributed by atoms with van der Waals surface area (Å²) in [6.45, 7) is 1.25. The Bertz CT molecular complexity index is 1000. The van der Waals surface area contributed by atoms with Crippen LogP contribution in [0.15, 0.2) is 53.4 Å². The van der Waals surface area contributed by atoms with Crippen molar-refractivity contribution in [2.75, 3.05) is 19.6 Å². The van der Waals surface area contributed by atoms with Crippen LogP contribution in [-0.4, -0.2) is 65.6 Å². The Morgan fingerprint density at radius 1 is 1.00 bits per heavy atom. The van der Waals surface area contributed by atoms with E-state index in [-0.39, 0.29) is 18.0 Å². The van der Waals surface area contributed by atoms with E-state index in [1.54, 1.807) is 12.1 Å². The van der Waals surface area contributed by atoms with Gasteiger partial charge in [-0.25, -0.2) is 13.2 Å². The minimum Gasteiger partial charge on any atom is -0.480 e. The molecule has 2 N–H and O–H groups in total. The number of carboxylic acids is 1. The monoisotopic (exact) mass is 404 g/mol. The Labute approximate surface area is 162 Å². The van der Waals surface area contributed by atoms with Gasteiger partial charge in [-0.2, -0.15) is 4.31 Å². The summed E-state index contributed by atoms with van der Waals surface area (Å²) in [5, 5.41) is 18.5. The van der Waals surface area contributed by atoms with Gasteiger partial charge in [-0.3, -0.25) is 4.79 Å². The average molecular weight is 404 g/mol. The van der Waals surface area contributed by atoms with Crippen molar-refractivity contribution in [2.24, 2.45) is 0 Å². The predicted octanol–water partition coefficient (Wildman–Crippen LogP) is 2.10. The molecule has 0 aliphatic carbocycles. The van der Waals surface area contributed by atoms with Crippen LogP contribution in [0, 0.1) is 6.92 Å². The van der Waals surface area contributed by atoms with E-state index in [0.717, 1.165) is 25.9 Å². The van der Waals surface area contributed by atoms with Crippen molar-refractivity contribution in [3.63, 3.8) is 0 Å². The highest BCUT2D eigenvalue weighted by Gasteiger charge is 2.41. The molecule has 1 amide bonds. The number of hydrogen-bond donors (Lipinski definition) is 2. The summed E-state index contributed by atoms with van der Waals surface area (Å²) in [5.74, 6) is -1.38. The van der Waals surface area contributed by atoms with Gasteiger partial charge in [0.15, 0.2) is 0 Å². The lowest BCUT2D eigenvalue weighted by molar-refractivity contribution is -0.142. The molecule has 148 valence electrons. The lowest BCUT2D eigenvalue weighted by atomic mass is 10.0. The summed E-state index contributed by atoms with van der Waals surface area (Å²) in [4.78, 5) is 23.6. The highest BCUT2D eigenvalue weighted by Crippen LogP contribution is 2.27. The molecule has 1 saturated heterocycles. The zero-order valence-corrected chi connectivity index (χ0v) is 16.0. The van der Waals surface area contributed by atoms with Gasteiger partial charge in [-0.1, -0.05) is 36.4 Å². The minimum absolute atomic E-state index is 0.0279. The Kier molecular flexibility index (Phi) is 5.39. The van der Waals surface area contributed by atoms with Crippen molar-refractivity contribution >= 4 is 22.1 Å². The van der Waals surface area contributed by atoms with Crippen LogP contribution in [0.25, 0.3) is 11.1 Å². The van der Waals surface area contributed by atoms with Gasteiger partial charge < -0.3 is 15.1 Å². The Hall–Kier alpha value is -2.91. The van der Waals surface area contributed by atoms with Gasteiger partial charge in [0, 0.05) is 13.1 Å². The fourth-order valence-corrected chi connectivity index (χ4v) is 4.83. The van der Waals surface area contributed by atoms with Gasteiger partial charge in [-0.15, -0.1) is 0 Å². The highest BCUT2D eigenvalue weighted by atomic mass is 32.2. The minimum atomic E-state index is -4.08. The third-order valence-electron chi connectivity index (χ3n) is 4.80. The van der Waals surface area contributed by atoms with Crippen molar-refractivity contribution < 1.29 is 28.2 Å². The van der Waals surface area contributed by atoms with Gasteiger partial charge in [0.05, 0.1) is 11.4 Å². The summed E-state index contributed by atoms with van der Waals surface area (Å²) in [6.07, 6.45) is -1.27. The Balaban J connectivity index is 1.91. The van der Waals surface area contributed by atoms with E-state index in [0.29, 0.717) is 0 Å². The molecule has 8 nitrogen and oxygen atoms in total. The van der Waals surface area contributed by atoms with E-state index < -0.39 is 34.7 Å². The quantitative estimate of drug-likeness (QED) is 0.806. The normalized spacial score (nSPS) is 18.0. The van der Waals surface area contributed by atoms with Crippen LogP contribution in [0.3, 0.4) is 0 Å². The van der Waals surface area contributed by atoms with Crippen molar-refractivity contribution in [3.05, 3.63) is 54.1 Å². The van der Waals surface area contributed by atoms with Crippen molar-refractivity contribution in [1.29, 1.82) is 0 Å². The number of aliphatic carboxylic acids is 1. The zero-order chi connectivity index (χ0) is 20.5. The maximum absolute atomic E-state index is 13.0. The fourth-order valence-electron chi connectivity index (χ4n) is 3.27. The molecule has 1 aliphatic rings. The van der Waals surface area contributed by atoms with E-state index in [1.165, 1.54) is 12.1 Å². The summed E-state index contributed by atoms with van der Waals surface area (Å²) >= 11 is 0. The van der Waals surface area contributed by atoms with Crippen molar-refractivity contribution in [1.82, 2.24) is 9.21 Å². The molecule has 0 bridgehead atoms. The number of benzene rings is 2. The molecule has 0 spiro atoms. The lowest BCUT2D eigenvalue weighted by Gasteiger charge is -2.37. The average Bonchev–Trinajstić information content (AvgIpc) is 2.68. The second-order valence-electron chi connectivity index (χ2n) is 6.54. The van der Waals surface area contributed by atoms with Crippen LogP contribution >= 0.6 is 0 Å². The summed E-state index contributed by atoms with van der Waals surface area (Å²) in [6, 6.07) is 12.5. The van der Waals surface area contributed by atoms with E-state index in [4.69, 9.17) is 5.11 Å². The van der Waals surface area contributed by atoms with Crippen LogP contribution in [0.5, 0.6) is 0 Å². The first-order chi connectivity index (χ1) is 13.2. The standard InChI is InChI=1S/C19H20N2O6S/c1-13-4-2-3-5-16(13)14-6-8-15(9-7-14)28(26,27)21-11-10-20(19(24)25)12-17(21)18(22)23/h2-9,17H,10-12H2,1H3,(H,22,23)(H,24,25). The maximum Gasteiger partial charge on any atom is 0.407 e. The topological polar surface area (TPSA) is 115 Å². The smallest absolute Gasteiger partial charge is 0.407 e. The van der Waals surface area contributed by atoms with E-state index >= 15 is 0 Å². The first kappa shape index (κ1) is 19.8. The van der Waals surface area contributed by atoms with Crippen LogP contribution in [0.2, 0.25) is 0 Å². The molecule has 0 saturated carbocycles. The van der Waals surface area contributed by atoms with Gasteiger partial charge in [0.25, 0.3) is 0 Å². The number of sulfonamides is 1. The number of rotatable bonds is 4. The second-order valence-corrected chi connectivity index (χ2v) is 8.43. The largest absolute Gasteiger partial charge is 0.480 e. The SMILES string of the molecule is Cc1ccccc1-c1ccc(S(=O)(=O)N2CCN(C(=O)O)CC2C(=O)O)cc1. The molecule has 0 aromatic heterocycles. The molecule has 9 heteroatoms. The Morgan fingerprint density at radius 3 is 2.21 bits per heavy atom. The van der Waals surface area contributed by atoms with Gasteiger partial charge in [-0.05, 0) is 35.7 Å². The molecule has 0 radical (unpaired) electrons. The molecule has 1 atom stereocenters. The molecule has 28 heavy (non-hydrogen) atoms. The third kappa shape index (κ3) is 3.71. The summed E-state index contributed by atoms with van der Waals surface area (Å²) in [5.41, 5.74) is 2.88. The lowest BCUT2D eigenvalue weighted by Crippen LogP contribution is -2.59. The van der Waals surface area contributed by atoms with Crippen LogP contribution in [-0.2, 0) is 14.8 Å². The first-order valence-corrected chi connectivity index (χ1v) is 10.0. The van der Waals surface area contributed by atoms with E-state index in [2.05, 4.69) is 0 Å². The van der Waals surface area contributed by atoms with Crippen LogP contribution in [0.4, 0.5) is 4.79 Å². The highest BCUT2D eigenvalue weighted by molar-refractivity contribution is 7.89. The van der Waals surface area contributed by atoms with Crippen molar-refractivity contribution in [3.8, 4) is 11.1 Å². The van der Waals surface area contributed by atoms with Gasteiger partial charge in [0.2, 0.25) is 10.0 Å². The summed E-state index contributed by atoms with van der Waals surface area (Å²) < 4.78 is 26.8. The summed E-state index contributed by atoms with van der Waals surface area (Å²) in [7, 11) is -4.08. The molecule has 1 heterocycles. The molecule has 1 fully saturated rings. The molecule has 2 aromatic carbocycles. The molecule has 3 rings (SSSR count). The number of aryl methyl sites for hydroxylation is 1. The van der Waals surface area contributed by atoms with Gasteiger partial charge >= 0.3 is 12.1 Å². The molecular formula is C19H20N2O6S. The molecular weight excluding hydrogens is 384 g/mol. The number of piperazine rings is 1. The van der Waals surface area contributed by atoms with E-state index in [1.807, 2.05) is 31.2 Å². The predicted molar refractivity (Wildman–Crippen MR) is 102 cm³/mol. The number of carbonyl (C=O) groups is 2. The first-order valence-electron chi connectivity index (χ1n) is 8.60.